The first-order valence-electron chi connectivity index (χ1n) is 0.597. The van der Waals surface area contributed by atoms with Crippen molar-refractivity contribution in [3.63, 3.8) is 0 Å². The first-order valence-corrected chi connectivity index (χ1v) is 2.66. The van der Waals surface area contributed by atoms with Gasteiger partial charge in [0, 0.05) is 0 Å². The molecule has 0 aromatic carbocycles. The van der Waals surface area contributed by atoms with Crippen molar-refractivity contribution < 1.29 is 29.1 Å². The van der Waals surface area contributed by atoms with E-state index < -0.39 is 21.6 Å². The third kappa shape index (κ3) is 2.52. The molecule has 0 rings (SSSR count). The fraction of sp³-hybridized carbons (Fsp3) is 0. The van der Waals surface area contributed by atoms with Crippen molar-refractivity contribution in [1.29, 1.82) is 0 Å². The molecule has 0 saturated carbocycles. The zero-order valence-electron chi connectivity index (χ0n) is 1.74. The molecule has 0 bridgehead atoms. The van der Waals surface area contributed by atoms with E-state index in [4.69, 9.17) is 4.70 Å². The van der Waals surface area contributed by atoms with Crippen molar-refractivity contribution in [2.45, 2.75) is 0 Å². The van der Waals surface area contributed by atoms with Crippen LogP contribution in [-0.2, 0) is 4.70 Å². The van der Waals surface area contributed by atoms with Crippen molar-refractivity contribution in [3.8, 4) is 0 Å². The molecule has 1 nitrogen and oxygen atoms in total. The molecule has 0 aromatic rings. The summed E-state index contributed by atoms with van der Waals surface area (Å²) >= 11 is -1.57. The summed E-state index contributed by atoms with van der Waals surface area (Å²) in [5.41, 5.74) is 0. The maximum absolute atomic E-state index is 10.5. The van der Waals surface area contributed by atoms with E-state index in [1.807, 2.05) is 0 Å². The second kappa shape index (κ2) is 3.52. The Labute approximate surface area is 34.6 Å². The minimum absolute atomic E-state index is 0.318. The molecule has 0 heterocycles. The van der Waals surface area contributed by atoms with Crippen molar-refractivity contribution >= 4 is 5.01 Å². The van der Waals surface area contributed by atoms with Gasteiger partial charge in [0.2, 0.25) is 0 Å². The Bertz CT molecular complexity index is 22.0. The molecule has 0 fully saturated rings. The molecule has 0 aromatic heterocycles. The Morgan fingerprint density at radius 2 is 2.25 bits per heavy atom. The van der Waals surface area contributed by atoms with Crippen LogP contribution < -0.4 is 21.6 Å². The van der Waals surface area contributed by atoms with Gasteiger partial charge in [-0.3, -0.25) is 0 Å². The summed E-state index contributed by atoms with van der Waals surface area (Å²) in [4.78, 5) is 0. The van der Waals surface area contributed by atoms with Crippen LogP contribution in [0.2, 0.25) is 0 Å². The van der Waals surface area contributed by atoms with Crippen LogP contribution in [0.3, 0.4) is 0 Å². The van der Waals surface area contributed by atoms with Gasteiger partial charge in [-0.2, -0.15) is 0 Å². The van der Waals surface area contributed by atoms with E-state index in [9.17, 15) is 2.86 Å². The molecule has 0 unspecified atom stereocenters. The summed E-state index contributed by atoms with van der Waals surface area (Å²) < 4.78 is 19.3. The predicted octanol–water partition coefficient (Wildman–Crippen LogP) is -3.08. The number of hydrogen-bond acceptors (Lipinski definition) is 1. The summed E-state index contributed by atoms with van der Waals surface area (Å²) in [6, 6.07) is 0. The van der Waals surface area contributed by atoms with E-state index in [0.29, 0.717) is 5.01 Å². The molecule has 0 aliphatic rings. The van der Waals surface area contributed by atoms with Crippen molar-refractivity contribution in [3.05, 3.63) is 0 Å². The van der Waals surface area contributed by atoms with Crippen LogP contribution in [0.5, 0.6) is 0 Å². The van der Waals surface area contributed by atoms with E-state index in [0.717, 1.165) is 0 Å². The molecule has 0 amide bonds. The molecule has 0 aliphatic heterocycles. The van der Waals surface area contributed by atoms with Gasteiger partial charge in [0.1, 0.15) is 0 Å². The summed E-state index contributed by atoms with van der Waals surface area (Å²) in [5.74, 6) is 0. The van der Waals surface area contributed by atoms with E-state index in [1.165, 1.54) is 0 Å². The van der Waals surface area contributed by atoms with Gasteiger partial charge < -0.3 is 0 Å². The normalized spacial score (nSPS) is 6.25. The van der Waals surface area contributed by atoms with Crippen LogP contribution in [0.25, 0.3) is 0 Å². The second-order valence-corrected chi connectivity index (χ2v) is 1.15. The average Bonchev–Trinajstić information content (AvgIpc) is 1.37. The molecule has 0 radical (unpaired) electrons. The number of hydrogen-bond donors (Lipinski definition) is 0. The summed E-state index contributed by atoms with van der Waals surface area (Å²) in [7, 11) is 0. The molecule has 4 heavy (non-hydrogen) atoms. The van der Waals surface area contributed by atoms with Gasteiger partial charge in [-0.25, -0.2) is 0 Å². The van der Waals surface area contributed by atoms with Crippen LogP contribution in [0.4, 0.5) is 2.86 Å². The third-order valence-corrected chi connectivity index (χ3v) is 0.226. The Hall–Kier alpha value is 0.525. The van der Waals surface area contributed by atoms with Crippen LogP contribution in [0.1, 0.15) is 0 Å². The van der Waals surface area contributed by atoms with E-state index in [-0.39, 0.29) is 0 Å². The Balaban J connectivity index is 2.30. The molecule has 0 atom stereocenters. The Morgan fingerprint density at radius 3 is 2.25 bits per heavy atom. The maximum atomic E-state index is 10.5. The second-order valence-electron chi connectivity index (χ2n) is 0.172. The topological polar surface area (TPSA) is 17.1 Å². The van der Waals surface area contributed by atoms with Gasteiger partial charge in [0.25, 0.3) is 0 Å². The van der Waals surface area contributed by atoms with Gasteiger partial charge in [0.15, 0.2) is 0 Å². The van der Waals surface area contributed by atoms with E-state index in [2.05, 4.69) is 0 Å². The molecule has 4 heteroatoms. The zero-order valence-corrected chi connectivity index (χ0v) is 3.90. The summed E-state index contributed by atoms with van der Waals surface area (Å²) in [5, 5.41) is 0.318. The predicted molar refractivity (Wildman–Crippen MR) is 7.55 cm³/mol. The summed E-state index contributed by atoms with van der Waals surface area (Å²) in [6.45, 7) is 0. The average molecular weight is 173 g/mol. The summed E-state index contributed by atoms with van der Waals surface area (Å²) in [6.07, 6.45) is 0. The first kappa shape index (κ1) is 4.52. The molecule has 0 N–H and O–H groups in total. The van der Waals surface area contributed by atoms with E-state index >= 15 is 0 Å². The SMILES string of the molecule is O=B[I-]F. The Morgan fingerprint density at radius 1 is 2.00 bits per heavy atom. The van der Waals surface area contributed by atoms with E-state index in [1.54, 1.807) is 0 Å². The van der Waals surface area contributed by atoms with Crippen LogP contribution in [0.15, 0.2) is 0 Å². The van der Waals surface area contributed by atoms with Crippen LogP contribution in [0, 0.1) is 0 Å². The molecule has 0 aliphatic carbocycles. The van der Waals surface area contributed by atoms with Crippen LogP contribution in [-0.4, -0.2) is 5.01 Å². The zero-order chi connectivity index (χ0) is 3.41. The van der Waals surface area contributed by atoms with Gasteiger partial charge in [-0.1, -0.05) is 0 Å². The van der Waals surface area contributed by atoms with Gasteiger partial charge in [0.05, 0.1) is 0 Å². The molecule has 0 spiro atoms. The fourth-order valence-electron chi connectivity index (χ4n) is 0. The minimum atomic E-state index is -1.57. The quantitative estimate of drug-likeness (QED) is 0.303. The van der Waals surface area contributed by atoms with Crippen molar-refractivity contribution in [1.82, 2.24) is 0 Å². The van der Waals surface area contributed by atoms with Crippen molar-refractivity contribution in [2.24, 2.45) is 0 Å². The Kier molecular flexibility index (Phi) is 3.99. The van der Waals surface area contributed by atoms with Gasteiger partial charge in [-0.05, 0) is 0 Å². The fourth-order valence-corrected chi connectivity index (χ4v) is 0. The monoisotopic (exact) mass is 173 g/mol. The number of rotatable bonds is 1. The molecular formula is BFIO-. The first-order chi connectivity index (χ1) is 1.91. The third-order valence-electron chi connectivity index (χ3n) is 0.0337. The molecule has 24 valence electrons. The van der Waals surface area contributed by atoms with Crippen LogP contribution >= 0.6 is 0 Å². The number of halogens is 2. The molecular weight excluding hydrogens is 173 g/mol. The molecule has 0 saturated heterocycles. The van der Waals surface area contributed by atoms with Gasteiger partial charge >= 0.3 is 34.1 Å². The standard InChI is InChI=1S/BFIO/c2-3-1-4/q-1. The van der Waals surface area contributed by atoms with Crippen molar-refractivity contribution in [2.75, 3.05) is 0 Å². The van der Waals surface area contributed by atoms with Gasteiger partial charge in [-0.15, -0.1) is 0 Å².